The minimum absolute atomic E-state index is 0.200. The Hall–Kier alpha value is -3.05. The molecule has 0 aromatic rings. The van der Waals surface area contributed by atoms with Gasteiger partial charge in [0.25, 0.3) is 5.79 Å². The zero-order valence-corrected chi connectivity index (χ0v) is 57.3. The third kappa shape index (κ3) is 32.7. The lowest BCUT2D eigenvalue weighted by molar-refractivity contribution is -0.386. The first kappa shape index (κ1) is 85.2. The Bertz CT molecular complexity index is 2040. The average Bonchev–Trinajstić information content (AvgIpc) is 0.759. The molecule has 23 nitrogen and oxygen atoms in total. The van der Waals surface area contributed by atoms with Crippen molar-refractivity contribution in [1.82, 2.24) is 10.6 Å². The molecular formula is C71H128N2O21. The van der Waals surface area contributed by atoms with Crippen molar-refractivity contribution in [2.45, 2.75) is 368 Å². The Morgan fingerprint density at radius 2 is 1.06 bits per heavy atom. The maximum atomic E-state index is 13.5. The molecule has 0 aromatic carbocycles. The van der Waals surface area contributed by atoms with Crippen LogP contribution in [0.15, 0.2) is 36.5 Å². The number of carboxylic acid groups (broad SMARTS) is 1. The van der Waals surface area contributed by atoms with E-state index in [9.17, 15) is 75.7 Å². The molecule has 94 heavy (non-hydrogen) atoms. The van der Waals surface area contributed by atoms with E-state index in [-0.39, 0.29) is 12.3 Å². The molecule has 3 aliphatic rings. The molecular weight excluding hydrogens is 1220 g/mol. The van der Waals surface area contributed by atoms with Crippen LogP contribution in [-0.2, 0) is 42.8 Å². The number of aliphatic hydroxyl groups excluding tert-OH is 11. The largest absolute Gasteiger partial charge is 0.477 e. The third-order valence-corrected chi connectivity index (χ3v) is 18.3. The van der Waals surface area contributed by atoms with Gasteiger partial charge in [0.15, 0.2) is 12.6 Å². The molecule has 0 spiro atoms. The van der Waals surface area contributed by atoms with Crippen LogP contribution in [0, 0.1) is 0 Å². The van der Waals surface area contributed by atoms with E-state index < -0.39 is 155 Å². The monoisotopic (exact) mass is 1340 g/mol. The number of hydrogen-bond acceptors (Lipinski definition) is 20. The zero-order valence-electron chi connectivity index (χ0n) is 57.3. The van der Waals surface area contributed by atoms with Crippen LogP contribution in [0.4, 0.5) is 0 Å². The Kier molecular flexibility index (Phi) is 46.4. The molecule has 3 fully saturated rings. The lowest BCUT2D eigenvalue weighted by Crippen LogP contribution is -2.70. The Balaban J connectivity index is 1.58. The summed E-state index contributed by atoms with van der Waals surface area (Å²) < 4.78 is 34.8. The van der Waals surface area contributed by atoms with Crippen LogP contribution in [-0.4, -0.2) is 215 Å². The molecule has 0 radical (unpaired) electrons. The molecule has 0 aromatic heterocycles. The number of nitrogens with one attached hydrogen (secondary N) is 2. The van der Waals surface area contributed by atoms with E-state index >= 15 is 0 Å². The molecule has 2 amide bonds. The SMILES string of the molecule is CC/C=C\C/C=C\CCCCCCCCCCCCCCCCC(=O)NC(COC1OC(CO)C(OC2OC(CO)C(O)C(OC3(C(=O)O)CC(O)C(NC(C)=O)C(C(O)C(O)CO)O3)C2O)C(O)C1O)C(O)/C=C/CCCCCCCCCCCCCCCCCCC. The van der Waals surface area contributed by atoms with E-state index in [1.807, 2.05) is 6.08 Å². The van der Waals surface area contributed by atoms with Crippen molar-refractivity contribution in [3.8, 4) is 0 Å². The van der Waals surface area contributed by atoms with Crippen molar-refractivity contribution in [3.63, 3.8) is 0 Å². The highest BCUT2D eigenvalue weighted by atomic mass is 16.8. The number of hydrogen-bond donors (Lipinski definition) is 14. The van der Waals surface area contributed by atoms with Crippen LogP contribution in [0.2, 0.25) is 0 Å². The van der Waals surface area contributed by atoms with Crippen LogP contribution < -0.4 is 10.6 Å². The average molecular weight is 1350 g/mol. The van der Waals surface area contributed by atoms with E-state index in [1.165, 1.54) is 154 Å². The van der Waals surface area contributed by atoms with Crippen molar-refractivity contribution in [2.75, 3.05) is 26.4 Å². The van der Waals surface area contributed by atoms with Crippen LogP contribution in [0.3, 0.4) is 0 Å². The third-order valence-electron chi connectivity index (χ3n) is 18.3. The van der Waals surface area contributed by atoms with Crippen LogP contribution >= 0.6 is 0 Å². The minimum atomic E-state index is -3.08. The highest BCUT2D eigenvalue weighted by Crippen LogP contribution is 2.39. The van der Waals surface area contributed by atoms with E-state index in [0.717, 1.165) is 64.7 Å². The fourth-order valence-corrected chi connectivity index (χ4v) is 12.6. The Morgan fingerprint density at radius 3 is 1.55 bits per heavy atom. The van der Waals surface area contributed by atoms with E-state index in [1.54, 1.807) is 6.08 Å². The highest BCUT2D eigenvalue weighted by molar-refractivity contribution is 5.77. The van der Waals surface area contributed by atoms with Crippen LogP contribution in [0.1, 0.15) is 258 Å². The lowest BCUT2D eigenvalue weighted by atomic mass is 9.88. The topological polar surface area (TPSA) is 373 Å². The molecule has 3 heterocycles. The second kappa shape index (κ2) is 51.2. The normalized spacial score (nSPS) is 28.1. The highest BCUT2D eigenvalue weighted by Gasteiger charge is 2.60. The number of aliphatic carboxylic acids is 1. The summed E-state index contributed by atoms with van der Waals surface area (Å²) in [6.45, 7) is 2.05. The number of carboxylic acids is 1. The molecule has 548 valence electrons. The maximum absolute atomic E-state index is 13.5. The Labute approximate surface area is 561 Å². The van der Waals surface area contributed by atoms with Gasteiger partial charge in [-0.25, -0.2) is 4.79 Å². The first-order chi connectivity index (χ1) is 45.4. The fraction of sp³-hybridized carbons (Fsp3) is 0.873. The second-order valence-corrected chi connectivity index (χ2v) is 26.4. The number of aliphatic hydroxyl groups is 11. The summed E-state index contributed by atoms with van der Waals surface area (Å²) in [6, 6.07) is -2.62. The van der Waals surface area contributed by atoms with Gasteiger partial charge in [-0.05, 0) is 44.9 Å². The molecule has 0 aliphatic carbocycles. The number of rotatable bonds is 55. The van der Waals surface area contributed by atoms with Gasteiger partial charge in [0.2, 0.25) is 11.8 Å². The molecule has 18 unspecified atom stereocenters. The number of amides is 2. The first-order valence-corrected chi connectivity index (χ1v) is 36.4. The van der Waals surface area contributed by atoms with Gasteiger partial charge in [0, 0.05) is 19.8 Å². The van der Waals surface area contributed by atoms with Crippen LogP contribution in [0.25, 0.3) is 0 Å². The summed E-state index contributed by atoms with van der Waals surface area (Å²) in [5.41, 5.74) is 0. The van der Waals surface area contributed by atoms with Crippen molar-refractivity contribution >= 4 is 17.8 Å². The number of carbonyl (C=O) groups is 3. The standard InChI is InChI=1S/C71H128N2O21/c1-4-6-8-10-12-14-16-18-20-22-24-25-27-29-31-33-35-37-39-41-43-45-58(81)73-52(53(78)44-42-40-38-36-34-32-30-28-26-23-21-19-17-15-13-11-9-7-5-2)50-89-68-63(85)62(84)65(57(49-76)91-68)92-69-64(86)67(61(83)56(48-75)90-69)94-71(70(87)88)46-54(79)59(72-51(3)77)66(93-71)60(82)55(80)47-74/h6,8,12,14,42,44,52-57,59-69,74-76,78-80,82-86H,4-5,7,9-11,13,15-41,43,45-50H2,1-3H3,(H,72,77)(H,73,81)(H,87,88)/b8-6-,14-12-,44-42+. The van der Waals surface area contributed by atoms with Gasteiger partial charge in [-0.3, -0.25) is 9.59 Å². The number of unbranched alkanes of at least 4 members (excludes halogenated alkanes) is 31. The van der Waals surface area contributed by atoms with Gasteiger partial charge < -0.3 is 100 Å². The number of allylic oxidation sites excluding steroid dienone is 5. The van der Waals surface area contributed by atoms with Gasteiger partial charge in [0.05, 0.1) is 50.7 Å². The van der Waals surface area contributed by atoms with Gasteiger partial charge in [0.1, 0.15) is 67.1 Å². The number of ether oxygens (including phenoxy) is 6. The molecule has 3 aliphatic heterocycles. The molecule has 0 bridgehead atoms. The van der Waals surface area contributed by atoms with Crippen LogP contribution in [0.5, 0.6) is 0 Å². The number of carbonyl (C=O) groups excluding carboxylic acids is 2. The minimum Gasteiger partial charge on any atom is -0.477 e. The summed E-state index contributed by atoms with van der Waals surface area (Å²) in [5, 5.41) is 136. The first-order valence-electron chi connectivity index (χ1n) is 36.4. The van der Waals surface area contributed by atoms with Gasteiger partial charge in [-0.1, -0.05) is 230 Å². The molecule has 14 N–H and O–H groups in total. The van der Waals surface area contributed by atoms with Crippen molar-refractivity contribution in [3.05, 3.63) is 36.5 Å². The van der Waals surface area contributed by atoms with Gasteiger partial charge in [-0.2, -0.15) is 0 Å². The quantitative estimate of drug-likeness (QED) is 0.0208. The molecule has 0 saturated carbocycles. The van der Waals surface area contributed by atoms with E-state index in [0.29, 0.717) is 12.8 Å². The predicted octanol–water partition coefficient (Wildman–Crippen LogP) is 7.40. The Morgan fingerprint density at radius 1 is 0.574 bits per heavy atom. The maximum Gasteiger partial charge on any atom is 0.364 e. The lowest BCUT2D eigenvalue weighted by Gasteiger charge is -2.50. The predicted molar refractivity (Wildman–Crippen MR) is 357 cm³/mol. The molecule has 3 rings (SSSR count). The van der Waals surface area contributed by atoms with Crippen molar-refractivity contribution in [2.24, 2.45) is 0 Å². The van der Waals surface area contributed by atoms with Gasteiger partial charge in [-0.15, -0.1) is 0 Å². The summed E-state index contributed by atoms with van der Waals surface area (Å²) in [7, 11) is 0. The fourth-order valence-electron chi connectivity index (χ4n) is 12.6. The van der Waals surface area contributed by atoms with Crippen molar-refractivity contribution < 1.29 is 104 Å². The molecule has 18 atom stereocenters. The molecule has 23 heteroatoms. The summed E-state index contributed by atoms with van der Waals surface area (Å²) in [6.07, 6.45) is 24.6. The summed E-state index contributed by atoms with van der Waals surface area (Å²) in [4.78, 5) is 38.6. The van der Waals surface area contributed by atoms with E-state index in [4.69, 9.17) is 28.4 Å². The summed E-state index contributed by atoms with van der Waals surface area (Å²) >= 11 is 0. The van der Waals surface area contributed by atoms with Crippen molar-refractivity contribution in [1.29, 1.82) is 0 Å². The van der Waals surface area contributed by atoms with E-state index in [2.05, 4.69) is 48.8 Å². The second-order valence-electron chi connectivity index (χ2n) is 26.4. The zero-order chi connectivity index (χ0) is 68.9. The van der Waals surface area contributed by atoms with Gasteiger partial charge >= 0.3 is 5.97 Å². The molecule has 3 saturated heterocycles. The smallest absolute Gasteiger partial charge is 0.364 e. The summed E-state index contributed by atoms with van der Waals surface area (Å²) in [5.74, 6) is -6.14.